The molecule has 2 N–H and O–H groups in total. The van der Waals surface area contributed by atoms with Gasteiger partial charge in [-0.2, -0.15) is 5.10 Å². The van der Waals surface area contributed by atoms with E-state index in [1.165, 1.54) is 0 Å². The minimum Gasteiger partial charge on any atom is -0.427 e. The Kier molecular flexibility index (Phi) is 4.16. The fraction of sp³-hybridized carbons (Fsp3) is 0.667. The van der Waals surface area contributed by atoms with Crippen molar-refractivity contribution in [3.8, 4) is 0 Å². The maximum absolute atomic E-state index is 8.77. The third-order valence-corrected chi connectivity index (χ3v) is 2.37. The van der Waals surface area contributed by atoms with Crippen molar-refractivity contribution in [2.24, 2.45) is 0 Å². The van der Waals surface area contributed by atoms with Gasteiger partial charge in [0.25, 0.3) is 0 Å². The van der Waals surface area contributed by atoms with Crippen molar-refractivity contribution in [3.63, 3.8) is 0 Å². The summed E-state index contributed by atoms with van der Waals surface area (Å²) in [6.45, 7) is 4.24. The van der Waals surface area contributed by atoms with Crippen LogP contribution in [0.4, 0.5) is 0 Å². The van der Waals surface area contributed by atoms with Crippen LogP contribution in [0.1, 0.15) is 38.4 Å². The lowest BCUT2D eigenvalue weighted by Crippen LogP contribution is -2.16. The Hall–Kier alpha value is -0.805. The number of nitrogens with zero attached hydrogens (tertiary/aromatic N) is 2. The monoisotopic (exact) mass is 196 g/mol. The smallest absolute Gasteiger partial charge is 0.427 e. The summed E-state index contributed by atoms with van der Waals surface area (Å²) < 4.78 is 1.90. The van der Waals surface area contributed by atoms with Gasteiger partial charge in [-0.25, -0.2) is 0 Å². The molecule has 1 aromatic heterocycles. The van der Waals surface area contributed by atoms with Gasteiger partial charge in [0.05, 0.1) is 11.7 Å². The SMILES string of the molecule is CCC(CC)n1ccc(CB(O)O)n1. The van der Waals surface area contributed by atoms with Crippen molar-refractivity contribution < 1.29 is 10.0 Å². The summed E-state index contributed by atoms with van der Waals surface area (Å²) in [5, 5.41) is 21.8. The first-order chi connectivity index (χ1) is 6.67. The molecule has 0 atom stereocenters. The van der Waals surface area contributed by atoms with Gasteiger partial charge >= 0.3 is 7.12 Å². The van der Waals surface area contributed by atoms with E-state index >= 15 is 0 Å². The van der Waals surface area contributed by atoms with E-state index < -0.39 is 7.12 Å². The molecule has 1 aromatic rings. The zero-order chi connectivity index (χ0) is 10.6. The Morgan fingerprint density at radius 2 is 2.07 bits per heavy atom. The molecule has 1 rings (SSSR count). The highest BCUT2D eigenvalue weighted by atomic mass is 16.4. The number of rotatable bonds is 5. The maximum atomic E-state index is 8.77. The first-order valence-corrected chi connectivity index (χ1v) is 5.07. The summed E-state index contributed by atoms with van der Waals surface area (Å²) >= 11 is 0. The van der Waals surface area contributed by atoms with Crippen molar-refractivity contribution in [1.29, 1.82) is 0 Å². The molecule has 0 aromatic carbocycles. The van der Waals surface area contributed by atoms with E-state index in [1.807, 2.05) is 16.9 Å². The highest BCUT2D eigenvalue weighted by Gasteiger charge is 2.12. The van der Waals surface area contributed by atoms with Crippen molar-refractivity contribution >= 4 is 7.12 Å². The molecule has 0 radical (unpaired) electrons. The average Bonchev–Trinajstić information content (AvgIpc) is 2.54. The van der Waals surface area contributed by atoms with E-state index in [9.17, 15) is 0 Å². The van der Waals surface area contributed by atoms with Gasteiger partial charge in [-0.15, -0.1) is 0 Å². The fourth-order valence-electron chi connectivity index (χ4n) is 1.54. The van der Waals surface area contributed by atoms with Crippen molar-refractivity contribution in [1.82, 2.24) is 9.78 Å². The molecule has 0 aliphatic rings. The summed E-state index contributed by atoms with van der Waals surface area (Å²) in [6, 6.07) is 2.25. The van der Waals surface area contributed by atoms with Gasteiger partial charge in [-0.05, 0) is 18.9 Å². The average molecular weight is 196 g/mol. The molecule has 1 heterocycles. The van der Waals surface area contributed by atoms with E-state index in [-0.39, 0.29) is 6.32 Å². The van der Waals surface area contributed by atoms with Crippen molar-refractivity contribution in [2.45, 2.75) is 39.1 Å². The number of aromatic nitrogens is 2. The first-order valence-electron chi connectivity index (χ1n) is 5.07. The molecule has 5 heteroatoms. The van der Waals surface area contributed by atoms with Crippen molar-refractivity contribution in [2.75, 3.05) is 0 Å². The van der Waals surface area contributed by atoms with E-state index in [1.54, 1.807) is 0 Å². The predicted molar refractivity (Wildman–Crippen MR) is 55.7 cm³/mol. The molecule has 14 heavy (non-hydrogen) atoms. The van der Waals surface area contributed by atoms with Crippen LogP contribution in [-0.2, 0) is 6.32 Å². The molecule has 0 bridgehead atoms. The second kappa shape index (κ2) is 5.17. The zero-order valence-corrected chi connectivity index (χ0v) is 8.72. The predicted octanol–water partition coefficient (Wildman–Crippen LogP) is 0.799. The molecular weight excluding hydrogens is 179 g/mol. The summed E-state index contributed by atoms with van der Waals surface area (Å²) in [7, 11) is -1.31. The Bertz CT molecular complexity index is 272. The molecule has 78 valence electrons. The van der Waals surface area contributed by atoms with Gasteiger partial charge in [0.15, 0.2) is 0 Å². The fourth-order valence-corrected chi connectivity index (χ4v) is 1.54. The zero-order valence-electron chi connectivity index (χ0n) is 8.72. The molecule has 4 nitrogen and oxygen atoms in total. The summed E-state index contributed by atoms with van der Waals surface area (Å²) in [5.41, 5.74) is 0.729. The normalized spacial score (nSPS) is 10.9. The van der Waals surface area contributed by atoms with Crippen LogP contribution in [0.5, 0.6) is 0 Å². The van der Waals surface area contributed by atoms with Crippen LogP contribution in [0.15, 0.2) is 12.3 Å². The molecule has 0 spiro atoms. The lowest BCUT2D eigenvalue weighted by Gasteiger charge is -2.12. The van der Waals surface area contributed by atoms with Gasteiger partial charge in [-0.3, -0.25) is 4.68 Å². The summed E-state index contributed by atoms with van der Waals surface area (Å²) in [4.78, 5) is 0. The largest absolute Gasteiger partial charge is 0.457 e. The summed E-state index contributed by atoms with van der Waals surface area (Å²) in [6.07, 6.45) is 4.18. The Balaban J connectivity index is 2.66. The van der Waals surface area contributed by atoms with Crippen LogP contribution in [0.2, 0.25) is 0 Å². The van der Waals surface area contributed by atoms with Crippen LogP contribution in [0.3, 0.4) is 0 Å². The van der Waals surface area contributed by atoms with E-state index in [2.05, 4.69) is 18.9 Å². The highest BCUT2D eigenvalue weighted by Crippen LogP contribution is 2.14. The van der Waals surface area contributed by atoms with Gasteiger partial charge in [0.1, 0.15) is 0 Å². The van der Waals surface area contributed by atoms with Crippen LogP contribution in [-0.4, -0.2) is 26.9 Å². The van der Waals surface area contributed by atoms with Gasteiger partial charge < -0.3 is 10.0 Å². The van der Waals surface area contributed by atoms with Crippen LogP contribution in [0.25, 0.3) is 0 Å². The number of hydrogen-bond donors (Lipinski definition) is 2. The lowest BCUT2D eigenvalue weighted by atomic mass is 9.85. The summed E-state index contributed by atoms with van der Waals surface area (Å²) in [5.74, 6) is 0. The molecular formula is C9H17BN2O2. The Morgan fingerprint density at radius 1 is 1.43 bits per heavy atom. The van der Waals surface area contributed by atoms with Crippen LogP contribution < -0.4 is 0 Å². The molecule has 0 saturated carbocycles. The molecule has 0 unspecified atom stereocenters. The molecule has 0 aliphatic carbocycles. The first kappa shape index (κ1) is 11.3. The van der Waals surface area contributed by atoms with Gasteiger partial charge in [-0.1, -0.05) is 13.8 Å². The lowest BCUT2D eigenvalue weighted by molar-refractivity contribution is 0.400. The third-order valence-electron chi connectivity index (χ3n) is 2.37. The second-order valence-electron chi connectivity index (χ2n) is 3.44. The minimum atomic E-state index is -1.31. The topological polar surface area (TPSA) is 58.3 Å². The van der Waals surface area contributed by atoms with E-state index in [0.717, 1.165) is 18.5 Å². The molecule has 0 saturated heterocycles. The standard InChI is InChI=1S/C9H17BN2O2/c1-3-9(4-2)12-6-5-8(11-12)7-10(13)14/h5-6,9,13-14H,3-4,7H2,1-2H3. The molecule has 0 aliphatic heterocycles. The third kappa shape index (κ3) is 2.85. The van der Waals surface area contributed by atoms with Gasteiger partial charge in [0, 0.05) is 12.5 Å². The Morgan fingerprint density at radius 3 is 2.57 bits per heavy atom. The van der Waals surface area contributed by atoms with Crippen LogP contribution in [0, 0.1) is 0 Å². The quantitative estimate of drug-likeness (QED) is 0.684. The van der Waals surface area contributed by atoms with E-state index in [0.29, 0.717) is 6.04 Å². The van der Waals surface area contributed by atoms with Gasteiger partial charge in [0.2, 0.25) is 0 Å². The van der Waals surface area contributed by atoms with Crippen molar-refractivity contribution in [3.05, 3.63) is 18.0 Å². The maximum Gasteiger partial charge on any atom is 0.457 e. The van der Waals surface area contributed by atoms with Crippen LogP contribution >= 0.6 is 0 Å². The second-order valence-corrected chi connectivity index (χ2v) is 3.44. The Labute approximate surface area is 84.7 Å². The minimum absolute atomic E-state index is 0.202. The number of hydrogen-bond acceptors (Lipinski definition) is 3. The van der Waals surface area contributed by atoms with E-state index in [4.69, 9.17) is 10.0 Å². The molecule has 0 amide bonds. The molecule has 0 fully saturated rings. The highest BCUT2D eigenvalue weighted by molar-refractivity contribution is 6.40.